The molecule has 0 bridgehead atoms. The number of nitro groups is 1. The molecule has 2 N–H and O–H groups in total. The fraction of sp³-hybridized carbons (Fsp3) is 0.500. The summed E-state index contributed by atoms with van der Waals surface area (Å²) in [6, 6.07) is 1.21. The molecule has 1 atom stereocenters. The lowest BCUT2D eigenvalue weighted by atomic mass is 10.2. The van der Waals surface area contributed by atoms with Crippen molar-refractivity contribution in [3.63, 3.8) is 0 Å². The first-order valence-electron chi connectivity index (χ1n) is 5.99. The molecule has 0 radical (unpaired) electrons. The number of hydrogen-bond donors (Lipinski definition) is 2. The monoisotopic (exact) mass is 290 g/mol. The Labute approximate surface area is 114 Å². The predicted octanol–water partition coefficient (Wildman–Crippen LogP) is 1.61. The van der Waals surface area contributed by atoms with Crippen molar-refractivity contribution in [3.8, 4) is 5.75 Å². The summed E-state index contributed by atoms with van der Waals surface area (Å²) in [4.78, 5) is 9.39. The van der Waals surface area contributed by atoms with E-state index in [-0.39, 0.29) is 19.2 Å². The number of aliphatic hydroxyl groups is 1. The van der Waals surface area contributed by atoms with Crippen molar-refractivity contribution in [2.75, 3.05) is 13.2 Å². The molecule has 0 aliphatic carbocycles. The lowest BCUT2D eigenvalue weighted by Crippen LogP contribution is -2.35. The van der Waals surface area contributed by atoms with E-state index in [2.05, 4.69) is 5.32 Å². The first-order chi connectivity index (χ1) is 9.31. The minimum Gasteiger partial charge on any atom is -0.488 e. The van der Waals surface area contributed by atoms with E-state index in [0.717, 1.165) is 0 Å². The fourth-order valence-electron chi connectivity index (χ4n) is 1.39. The van der Waals surface area contributed by atoms with Gasteiger partial charge in [-0.1, -0.05) is 13.8 Å². The number of nitrogens with one attached hydrogen (secondary N) is 1. The van der Waals surface area contributed by atoms with Gasteiger partial charge >= 0.3 is 5.69 Å². The topological polar surface area (TPSA) is 84.6 Å². The molecule has 1 unspecified atom stereocenters. The van der Waals surface area contributed by atoms with Crippen molar-refractivity contribution in [2.45, 2.75) is 26.0 Å². The van der Waals surface area contributed by atoms with Gasteiger partial charge in [0.15, 0.2) is 11.6 Å². The van der Waals surface area contributed by atoms with Crippen LogP contribution in [0.2, 0.25) is 0 Å². The van der Waals surface area contributed by atoms with E-state index < -0.39 is 34.1 Å². The van der Waals surface area contributed by atoms with Crippen LogP contribution >= 0.6 is 0 Å². The summed E-state index contributed by atoms with van der Waals surface area (Å²) >= 11 is 0. The molecule has 112 valence electrons. The molecule has 1 aromatic carbocycles. The largest absolute Gasteiger partial charge is 0.488 e. The SMILES string of the molecule is CC(C)NCC(O)COc1cc(F)c([N+](=O)[O-])cc1F. The molecule has 0 fully saturated rings. The van der Waals surface area contributed by atoms with Crippen molar-refractivity contribution in [1.29, 1.82) is 0 Å². The summed E-state index contributed by atoms with van der Waals surface area (Å²) in [5.41, 5.74) is -0.961. The minimum absolute atomic E-state index is 0.165. The van der Waals surface area contributed by atoms with E-state index >= 15 is 0 Å². The predicted molar refractivity (Wildman–Crippen MR) is 67.7 cm³/mol. The Morgan fingerprint density at radius 3 is 2.60 bits per heavy atom. The third-order valence-electron chi connectivity index (χ3n) is 2.39. The third-order valence-corrected chi connectivity index (χ3v) is 2.39. The Morgan fingerprint density at radius 1 is 1.40 bits per heavy atom. The Hall–Kier alpha value is -1.80. The van der Waals surface area contributed by atoms with E-state index in [9.17, 15) is 24.0 Å². The van der Waals surface area contributed by atoms with Gasteiger partial charge in [0.2, 0.25) is 5.82 Å². The third kappa shape index (κ3) is 4.71. The molecule has 1 aromatic rings. The second-order valence-corrected chi connectivity index (χ2v) is 4.52. The molecule has 1 rings (SSSR count). The van der Waals surface area contributed by atoms with Crippen LogP contribution in [0.25, 0.3) is 0 Å². The second kappa shape index (κ2) is 7.11. The van der Waals surface area contributed by atoms with Crippen LogP contribution in [0.15, 0.2) is 12.1 Å². The molecule has 0 aliphatic rings. The number of aliphatic hydroxyl groups excluding tert-OH is 1. The van der Waals surface area contributed by atoms with Crippen LogP contribution in [0.4, 0.5) is 14.5 Å². The summed E-state index contributed by atoms with van der Waals surface area (Å²) in [5.74, 6) is -2.72. The average molecular weight is 290 g/mol. The van der Waals surface area contributed by atoms with Crippen LogP contribution in [0.5, 0.6) is 5.75 Å². The van der Waals surface area contributed by atoms with Crippen LogP contribution < -0.4 is 10.1 Å². The molecule has 0 aliphatic heterocycles. The van der Waals surface area contributed by atoms with Crippen molar-refractivity contribution < 1.29 is 23.5 Å². The Bertz CT molecular complexity index is 483. The van der Waals surface area contributed by atoms with Crippen molar-refractivity contribution in [2.24, 2.45) is 0 Å². The molecule has 0 aromatic heterocycles. The van der Waals surface area contributed by atoms with Crippen LogP contribution in [0.1, 0.15) is 13.8 Å². The molecule has 0 heterocycles. The van der Waals surface area contributed by atoms with E-state index in [1.54, 1.807) is 0 Å². The van der Waals surface area contributed by atoms with Gasteiger partial charge in [-0.15, -0.1) is 0 Å². The summed E-state index contributed by atoms with van der Waals surface area (Å²) in [5, 5.41) is 22.9. The minimum atomic E-state index is -1.19. The van der Waals surface area contributed by atoms with E-state index in [1.807, 2.05) is 13.8 Å². The number of nitrogens with zero attached hydrogens (tertiary/aromatic N) is 1. The summed E-state index contributed by atoms with van der Waals surface area (Å²) in [6.45, 7) is 3.75. The molecule has 8 heteroatoms. The molecular formula is C12H16F2N2O4. The molecule has 0 spiro atoms. The lowest BCUT2D eigenvalue weighted by Gasteiger charge is -2.15. The zero-order chi connectivity index (χ0) is 15.3. The lowest BCUT2D eigenvalue weighted by molar-refractivity contribution is -0.387. The molecule has 6 nitrogen and oxygen atoms in total. The maximum atomic E-state index is 13.5. The van der Waals surface area contributed by atoms with Gasteiger partial charge in [-0.25, -0.2) is 4.39 Å². The zero-order valence-electron chi connectivity index (χ0n) is 11.1. The number of halogens is 2. The molecule has 0 saturated heterocycles. The number of benzene rings is 1. The summed E-state index contributed by atoms with van der Waals surface area (Å²) in [6.07, 6.45) is -0.907. The van der Waals surface area contributed by atoms with Crippen LogP contribution in [0.3, 0.4) is 0 Å². The highest BCUT2D eigenvalue weighted by molar-refractivity contribution is 5.39. The van der Waals surface area contributed by atoms with Crippen LogP contribution in [-0.4, -0.2) is 35.3 Å². The second-order valence-electron chi connectivity index (χ2n) is 4.52. The van der Waals surface area contributed by atoms with Gasteiger partial charge < -0.3 is 15.2 Å². The Kier molecular flexibility index (Phi) is 5.78. The van der Waals surface area contributed by atoms with Crippen molar-refractivity contribution in [1.82, 2.24) is 5.32 Å². The molecule has 0 amide bonds. The Balaban J connectivity index is 2.65. The maximum Gasteiger partial charge on any atom is 0.307 e. The van der Waals surface area contributed by atoms with E-state index in [1.165, 1.54) is 0 Å². The van der Waals surface area contributed by atoms with Crippen LogP contribution in [0, 0.1) is 21.7 Å². The van der Waals surface area contributed by atoms with Gasteiger partial charge in [-0.05, 0) is 0 Å². The van der Waals surface area contributed by atoms with E-state index in [4.69, 9.17) is 4.74 Å². The van der Waals surface area contributed by atoms with Gasteiger partial charge in [-0.2, -0.15) is 4.39 Å². The normalized spacial score (nSPS) is 12.5. The quantitative estimate of drug-likeness (QED) is 0.588. The molecule has 0 saturated carbocycles. The van der Waals surface area contributed by atoms with Gasteiger partial charge in [0, 0.05) is 18.7 Å². The highest BCUT2D eigenvalue weighted by Crippen LogP contribution is 2.26. The van der Waals surface area contributed by atoms with Gasteiger partial charge in [0.25, 0.3) is 0 Å². The number of ether oxygens (including phenoxy) is 1. The van der Waals surface area contributed by atoms with E-state index in [0.29, 0.717) is 12.1 Å². The first-order valence-corrected chi connectivity index (χ1v) is 5.99. The molecular weight excluding hydrogens is 274 g/mol. The highest BCUT2D eigenvalue weighted by Gasteiger charge is 2.19. The average Bonchev–Trinajstić information content (AvgIpc) is 2.36. The van der Waals surface area contributed by atoms with Crippen molar-refractivity contribution in [3.05, 3.63) is 33.9 Å². The van der Waals surface area contributed by atoms with Crippen molar-refractivity contribution >= 4 is 5.69 Å². The van der Waals surface area contributed by atoms with Gasteiger partial charge in [0.1, 0.15) is 12.7 Å². The Morgan fingerprint density at radius 2 is 2.05 bits per heavy atom. The number of hydrogen-bond acceptors (Lipinski definition) is 5. The maximum absolute atomic E-state index is 13.5. The fourth-order valence-corrected chi connectivity index (χ4v) is 1.39. The first kappa shape index (κ1) is 16.3. The number of nitro benzene ring substituents is 1. The van der Waals surface area contributed by atoms with Gasteiger partial charge in [-0.3, -0.25) is 10.1 Å². The van der Waals surface area contributed by atoms with Gasteiger partial charge in [0.05, 0.1) is 11.0 Å². The summed E-state index contributed by atoms with van der Waals surface area (Å²) < 4.78 is 31.7. The summed E-state index contributed by atoms with van der Waals surface area (Å²) in [7, 11) is 0. The standard InChI is InChI=1S/C12H16F2N2O4/c1-7(2)15-5-8(17)6-20-12-4-9(13)11(16(18)19)3-10(12)14/h3-4,7-8,15,17H,5-6H2,1-2H3. The highest BCUT2D eigenvalue weighted by atomic mass is 19.1. The number of rotatable bonds is 7. The van der Waals surface area contributed by atoms with Crippen LogP contribution in [-0.2, 0) is 0 Å². The molecule has 20 heavy (non-hydrogen) atoms. The smallest absolute Gasteiger partial charge is 0.307 e. The zero-order valence-corrected chi connectivity index (χ0v) is 11.1.